The summed E-state index contributed by atoms with van der Waals surface area (Å²) in [6, 6.07) is 16.5. The molecule has 0 saturated heterocycles. The zero-order valence-electron chi connectivity index (χ0n) is 11.2. The quantitative estimate of drug-likeness (QED) is 0.824. The average Bonchev–Trinajstić information content (AvgIpc) is 2.92. The van der Waals surface area contributed by atoms with Gasteiger partial charge in [0.05, 0.1) is 6.10 Å². The highest BCUT2D eigenvalue weighted by molar-refractivity contribution is 5.62. The van der Waals surface area contributed by atoms with Crippen LogP contribution in [0.1, 0.15) is 28.7 Å². The van der Waals surface area contributed by atoms with Crippen molar-refractivity contribution in [1.29, 1.82) is 0 Å². The number of aliphatic hydroxyl groups is 1. The lowest BCUT2D eigenvalue weighted by Gasteiger charge is -2.30. The lowest BCUT2D eigenvalue weighted by atomic mass is 9.77. The van der Waals surface area contributed by atoms with Gasteiger partial charge >= 0.3 is 0 Å². The average molecular weight is 263 g/mol. The fourth-order valence-corrected chi connectivity index (χ4v) is 3.47. The van der Waals surface area contributed by atoms with E-state index in [1.165, 1.54) is 11.3 Å². The third kappa shape index (κ3) is 1.69. The molecule has 1 heterocycles. The lowest BCUT2D eigenvalue weighted by molar-refractivity contribution is 0.118. The number of benzene rings is 2. The van der Waals surface area contributed by atoms with E-state index in [-0.39, 0.29) is 5.92 Å². The molecule has 4 rings (SSSR count). The van der Waals surface area contributed by atoms with Crippen molar-refractivity contribution < 1.29 is 5.11 Å². The molecule has 0 aromatic heterocycles. The molecule has 2 aromatic rings. The second-order valence-corrected chi connectivity index (χ2v) is 5.58. The number of fused-ring (bicyclic) bond motifs is 2. The molecule has 2 aliphatic rings. The summed E-state index contributed by atoms with van der Waals surface area (Å²) >= 11 is 0. The van der Waals surface area contributed by atoms with Crippen molar-refractivity contribution in [3.8, 4) is 0 Å². The van der Waals surface area contributed by atoms with Gasteiger partial charge in [-0.15, -0.1) is 0 Å². The van der Waals surface area contributed by atoms with E-state index in [1.54, 1.807) is 0 Å². The lowest BCUT2D eigenvalue weighted by Crippen LogP contribution is -2.23. The van der Waals surface area contributed by atoms with Crippen molar-refractivity contribution in [2.24, 2.45) is 5.92 Å². The zero-order chi connectivity index (χ0) is 13.5. The summed E-state index contributed by atoms with van der Waals surface area (Å²) < 4.78 is 0. The maximum absolute atomic E-state index is 10.7. The van der Waals surface area contributed by atoms with Crippen molar-refractivity contribution in [3.63, 3.8) is 0 Å². The van der Waals surface area contributed by atoms with Crippen LogP contribution in [-0.4, -0.2) is 11.7 Å². The molecule has 0 radical (unpaired) electrons. The van der Waals surface area contributed by atoms with E-state index in [9.17, 15) is 5.11 Å². The Labute approximate surface area is 118 Å². The molecule has 1 aliphatic heterocycles. The molecule has 2 N–H and O–H groups in total. The smallest absolute Gasteiger partial charge is 0.0865 e. The Morgan fingerprint density at radius 2 is 1.70 bits per heavy atom. The van der Waals surface area contributed by atoms with Gasteiger partial charge in [-0.05, 0) is 22.8 Å². The van der Waals surface area contributed by atoms with Crippen LogP contribution in [0, 0.1) is 5.92 Å². The Morgan fingerprint density at radius 1 is 0.950 bits per heavy atom. The van der Waals surface area contributed by atoms with Gasteiger partial charge < -0.3 is 10.4 Å². The van der Waals surface area contributed by atoms with E-state index >= 15 is 0 Å². The highest BCUT2D eigenvalue weighted by Gasteiger charge is 2.35. The second-order valence-electron chi connectivity index (χ2n) is 5.58. The maximum atomic E-state index is 10.7. The molecule has 3 atom stereocenters. The van der Waals surface area contributed by atoms with Crippen molar-refractivity contribution in [3.05, 3.63) is 71.3 Å². The monoisotopic (exact) mass is 263 g/mol. The van der Waals surface area contributed by atoms with E-state index in [2.05, 4.69) is 47.8 Å². The van der Waals surface area contributed by atoms with E-state index < -0.39 is 6.10 Å². The zero-order valence-corrected chi connectivity index (χ0v) is 11.2. The number of aliphatic hydroxyl groups excluding tert-OH is 1. The van der Waals surface area contributed by atoms with Gasteiger partial charge in [0.1, 0.15) is 0 Å². The van der Waals surface area contributed by atoms with Gasteiger partial charge in [0.25, 0.3) is 0 Å². The summed E-state index contributed by atoms with van der Waals surface area (Å²) in [4.78, 5) is 0. The molecule has 1 aliphatic carbocycles. The van der Waals surface area contributed by atoms with E-state index in [0.29, 0.717) is 5.92 Å². The van der Waals surface area contributed by atoms with Gasteiger partial charge in [0, 0.05) is 24.1 Å². The highest BCUT2D eigenvalue weighted by Crippen LogP contribution is 2.44. The number of anilines is 1. The molecule has 20 heavy (non-hydrogen) atoms. The first kappa shape index (κ1) is 11.7. The third-order valence-electron chi connectivity index (χ3n) is 4.51. The van der Waals surface area contributed by atoms with Crippen molar-refractivity contribution in [2.75, 3.05) is 11.9 Å². The normalized spacial score (nSPS) is 26.8. The Hall–Kier alpha value is -2.06. The molecule has 0 amide bonds. The molecule has 2 unspecified atom stereocenters. The molecule has 100 valence electrons. The Balaban J connectivity index is 1.72. The first-order valence-corrected chi connectivity index (χ1v) is 7.12. The highest BCUT2D eigenvalue weighted by atomic mass is 16.3. The first-order valence-electron chi connectivity index (χ1n) is 7.12. The molecule has 0 spiro atoms. The van der Waals surface area contributed by atoms with Crippen molar-refractivity contribution in [1.82, 2.24) is 0 Å². The van der Waals surface area contributed by atoms with Crippen LogP contribution < -0.4 is 5.32 Å². The summed E-state index contributed by atoms with van der Waals surface area (Å²) in [5.41, 5.74) is 4.71. The summed E-state index contributed by atoms with van der Waals surface area (Å²) in [7, 11) is 0. The van der Waals surface area contributed by atoms with Crippen LogP contribution in [0.25, 0.3) is 6.08 Å². The molecule has 0 bridgehead atoms. The van der Waals surface area contributed by atoms with Gasteiger partial charge in [-0.1, -0.05) is 54.6 Å². The predicted octanol–water partition coefficient (Wildman–Crippen LogP) is 3.57. The van der Waals surface area contributed by atoms with Crippen LogP contribution in [0.5, 0.6) is 0 Å². The predicted molar refractivity (Wildman–Crippen MR) is 81.6 cm³/mol. The van der Waals surface area contributed by atoms with E-state index in [1.807, 2.05) is 18.2 Å². The van der Waals surface area contributed by atoms with Crippen LogP contribution in [0.3, 0.4) is 0 Å². The van der Waals surface area contributed by atoms with Gasteiger partial charge in [-0.3, -0.25) is 0 Å². The molecule has 2 nitrogen and oxygen atoms in total. The number of rotatable bonds is 1. The van der Waals surface area contributed by atoms with Crippen molar-refractivity contribution in [2.45, 2.75) is 12.0 Å². The van der Waals surface area contributed by atoms with Crippen LogP contribution in [0.2, 0.25) is 0 Å². The minimum absolute atomic E-state index is 0.140. The number of para-hydroxylation sites is 1. The van der Waals surface area contributed by atoms with Crippen LogP contribution in [-0.2, 0) is 0 Å². The Bertz CT molecular complexity index is 677. The number of hydrogen-bond donors (Lipinski definition) is 2. The largest absolute Gasteiger partial charge is 0.388 e. The van der Waals surface area contributed by atoms with Crippen molar-refractivity contribution >= 4 is 11.8 Å². The second kappa shape index (κ2) is 4.50. The van der Waals surface area contributed by atoms with Gasteiger partial charge in [-0.2, -0.15) is 0 Å². The maximum Gasteiger partial charge on any atom is 0.0865 e. The minimum atomic E-state index is -0.422. The minimum Gasteiger partial charge on any atom is -0.388 e. The Morgan fingerprint density at radius 3 is 2.60 bits per heavy atom. The fourth-order valence-electron chi connectivity index (χ4n) is 3.47. The molecule has 0 saturated carbocycles. The third-order valence-corrected chi connectivity index (χ3v) is 4.51. The Kier molecular flexibility index (Phi) is 2.64. The molecule has 2 heteroatoms. The van der Waals surface area contributed by atoms with Gasteiger partial charge in [-0.25, -0.2) is 0 Å². The first-order chi connectivity index (χ1) is 9.84. The van der Waals surface area contributed by atoms with Crippen LogP contribution in [0.4, 0.5) is 5.69 Å². The SMILES string of the molecule is OC1c2ccccc2C=CC1[C@@H]1CNc2ccccc21. The summed E-state index contributed by atoms with van der Waals surface area (Å²) in [6.07, 6.45) is 3.89. The molecule has 0 fully saturated rings. The van der Waals surface area contributed by atoms with Crippen LogP contribution >= 0.6 is 0 Å². The fraction of sp³-hybridized carbons (Fsp3) is 0.222. The standard InChI is InChI=1S/C18H17NO/c20-18-13-6-2-1-5-12(13)9-10-15(18)16-11-19-17-8-4-3-7-14(16)17/h1-10,15-16,18-20H,11H2/t15?,16-,18?/m1/s1. The molecular weight excluding hydrogens is 246 g/mol. The summed E-state index contributed by atoms with van der Waals surface area (Å²) in [5.74, 6) is 0.479. The van der Waals surface area contributed by atoms with Gasteiger partial charge in [0.15, 0.2) is 0 Å². The topological polar surface area (TPSA) is 32.3 Å². The number of nitrogens with one attached hydrogen (secondary N) is 1. The van der Waals surface area contributed by atoms with E-state index in [0.717, 1.165) is 17.7 Å². The van der Waals surface area contributed by atoms with Crippen LogP contribution in [0.15, 0.2) is 54.6 Å². The van der Waals surface area contributed by atoms with Gasteiger partial charge in [0.2, 0.25) is 0 Å². The summed E-state index contributed by atoms with van der Waals surface area (Å²) in [6.45, 7) is 0.896. The summed E-state index contributed by atoms with van der Waals surface area (Å²) in [5, 5.41) is 14.2. The number of hydrogen-bond acceptors (Lipinski definition) is 2. The molecular formula is C18H17NO. The van der Waals surface area contributed by atoms with E-state index in [4.69, 9.17) is 0 Å². The molecule has 2 aromatic carbocycles.